The molecule has 0 saturated carbocycles. The Labute approximate surface area is 132 Å². The molecular weight excluding hydrogens is 268 g/mol. The highest BCUT2D eigenvalue weighted by Crippen LogP contribution is 2.23. The van der Waals surface area contributed by atoms with Crippen LogP contribution in [0.4, 0.5) is 0 Å². The fraction of sp³-hybridized carbons (Fsp3) is 0.190. The highest BCUT2D eigenvalue weighted by Gasteiger charge is 2.08. The Morgan fingerprint density at radius 1 is 1.00 bits per heavy atom. The topological polar surface area (TPSA) is 17.1 Å². The summed E-state index contributed by atoms with van der Waals surface area (Å²) in [7, 11) is 0. The highest BCUT2D eigenvalue weighted by atomic mass is 16.1. The number of allylic oxidation sites excluding steroid dienone is 3. The first kappa shape index (κ1) is 14.5. The molecule has 0 bridgehead atoms. The molecule has 1 nitrogen and oxygen atoms in total. The molecule has 0 unspecified atom stereocenters. The van der Waals surface area contributed by atoms with Crippen molar-refractivity contribution in [1.29, 1.82) is 0 Å². The maximum Gasteiger partial charge on any atom is 0.185 e. The second-order valence-corrected chi connectivity index (χ2v) is 5.69. The zero-order valence-corrected chi connectivity index (χ0v) is 12.7. The fourth-order valence-corrected chi connectivity index (χ4v) is 2.86. The van der Waals surface area contributed by atoms with Gasteiger partial charge in [0.2, 0.25) is 0 Å². The smallest absolute Gasteiger partial charge is 0.185 e. The monoisotopic (exact) mass is 288 g/mol. The molecule has 0 spiro atoms. The predicted octanol–water partition coefficient (Wildman–Crippen LogP) is 5.24. The van der Waals surface area contributed by atoms with Crippen LogP contribution in [-0.2, 0) is 6.42 Å². The van der Waals surface area contributed by atoms with Crippen molar-refractivity contribution in [3.8, 4) is 0 Å². The number of hydrogen-bond acceptors (Lipinski definition) is 1. The van der Waals surface area contributed by atoms with Crippen LogP contribution in [-0.4, -0.2) is 5.78 Å². The van der Waals surface area contributed by atoms with Crippen LogP contribution in [0.2, 0.25) is 0 Å². The van der Waals surface area contributed by atoms with E-state index in [1.165, 1.54) is 30.4 Å². The van der Waals surface area contributed by atoms with Crippen LogP contribution in [0.15, 0.2) is 72.3 Å². The third kappa shape index (κ3) is 3.62. The number of ketones is 1. The van der Waals surface area contributed by atoms with E-state index in [-0.39, 0.29) is 5.78 Å². The third-order valence-electron chi connectivity index (χ3n) is 4.08. The molecule has 22 heavy (non-hydrogen) atoms. The molecule has 3 rings (SSSR count). The van der Waals surface area contributed by atoms with E-state index >= 15 is 0 Å². The maximum atomic E-state index is 12.2. The first-order chi connectivity index (χ1) is 10.8. The average molecular weight is 288 g/mol. The Balaban J connectivity index is 1.77. The minimum Gasteiger partial charge on any atom is -0.289 e. The Bertz CT molecular complexity index is 708. The van der Waals surface area contributed by atoms with Crippen LogP contribution < -0.4 is 0 Å². The van der Waals surface area contributed by atoms with E-state index < -0.39 is 0 Å². The molecule has 0 N–H and O–H groups in total. The standard InChI is InChI=1S/C21H20O/c22-21(19-11-2-1-3-12-19)15-14-18-10-6-7-13-20(18)16-17-8-4-5-9-17/h1-3,6-8,10-15H,4-5,9,16H2/b15-14+. The van der Waals surface area contributed by atoms with E-state index in [1.807, 2.05) is 42.5 Å². The van der Waals surface area contributed by atoms with Gasteiger partial charge in [-0.25, -0.2) is 0 Å². The molecule has 0 aliphatic heterocycles. The summed E-state index contributed by atoms with van der Waals surface area (Å²) in [4.78, 5) is 12.2. The molecule has 110 valence electrons. The summed E-state index contributed by atoms with van der Waals surface area (Å²) < 4.78 is 0. The Morgan fingerprint density at radius 2 is 1.77 bits per heavy atom. The van der Waals surface area contributed by atoms with Gasteiger partial charge in [-0.2, -0.15) is 0 Å². The van der Waals surface area contributed by atoms with Crippen molar-refractivity contribution in [2.75, 3.05) is 0 Å². The number of carbonyl (C=O) groups excluding carboxylic acids is 1. The lowest BCUT2D eigenvalue weighted by molar-refractivity contribution is 0.104. The van der Waals surface area contributed by atoms with Gasteiger partial charge in [-0.1, -0.05) is 72.3 Å². The Kier molecular flexibility index (Phi) is 4.65. The lowest BCUT2D eigenvalue weighted by Gasteiger charge is -2.07. The molecule has 2 aromatic carbocycles. The molecule has 1 aliphatic carbocycles. The largest absolute Gasteiger partial charge is 0.289 e. The summed E-state index contributed by atoms with van der Waals surface area (Å²) in [6.45, 7) is 0. The molecule has 0 radical (unpaired) electrons. The van der Waals surface area contributed by atoms with E-state index in [4.69, 9.17) is 0 Å². The second-order valence-electron chi connectivity index (χ2n) is 5.69. The van der Waals surface area contributed by atoms with Gasteiger partial charge in [0.05, 0.1) is 0 Å². The summed E-state index contributed by atoms with van der Waals surface area (Å²) in [5.74, 6) is 0.0514. The quantitative estimate of drug-likeness (QED) is 0.418. The van der Waals surface area contributed by atoms with Gasteiger partial charge in [0.1, 0.15) is 0 Å². The zero-order valence-electron chi connectivity index (χ0n) is 12.7. The number of hydrogen-bond donors (Lipinski definition) is 0. The molecular formula is C21H20O. The van der Waals surface area contributed by atoms with Gasteiger partial charge in [-0.15, -0.1) is 0 Å². The lowest BCUT2D eigenvalue weighted by atomic mass is 9.98. The molecule has 0 amide bonds. The van der Waals surface area contributed by atoms with Gasteiger partial charge in [0.25, 0.3) is 0 Å². The average Bonchev–Trinajstić information content (AvgIpc) is 3.07. The van der Waals surface area contributed by atoms with Crippen molar-refractivity contribution in [2.24, 2.45) is 0 Å². The summed E-state index contributed by atoms with van der Waals surface area (Å²) in [5.41, 5.74) is 4.69. The van der Waals surface area contributed by atoms with Crippen LogP contribution in [0.25, 0.3) is 6.08 Å². The molecule has 0 fully saturated rings. The number of benzene rings is 2. The van der Waals surface area contributed by atoms with Crippen LogP contribution in [0.5, 0.6) is 0 Å². The third-order valence-corrected chi connectivity index (χ3v) is 4.08. The first-order valence-electron chi connectivity index (χ1n) is 7.86. The van der Waals surface area contributed by atoms with Crippen molar-refractivity contribution in [3.05, 3.63) is 89.0 Å². The maximum absolute atomic E-state index is 12.2. The SMILES string of the molecule is O=C(/C=C/c1ccccc1CC1=CCCC1)c1ccccc1. The summed E-state index contributed by atoms with van der Waals surface area (Å²) in [5, 5.41) is 0. The van der Waals surface area contributed by atoms with Crippen LogP contribution in [0.3, 0.4) is 0 Å². The Morgan fingerprint density at radius 3 is 2.55 bits per heavy atom. The van der Waals surface area contributed by atoms with Crippen LogP contribution in [0, 0.1) is 0 Å². The lowest BCUT2D eigenvalue weighted by Crippen LogP contribution is -1.95. The number of carbonyl (C=O) groups is 1. The molecule has 0 atom stereocenters. The molecule has 0 aromatic heterocycles. The van der Waals surface area contributed by atoms with E-state index in [0.717, 1.165) is 17.5 Å². The first-order valence-corrected chi connectivity index (χ1v) is 7.86. The molecule has 0 heterocycles. The zero-order chi connectivity index (χ0) is 15.2. The van der Waals surface area contributed by atoms with E-state index in [0.29, 0.717) is 0 Å². The second kappa shape index (κ2) is 7.04. The molecule has 0 saturated heterocycles. The van der Waals surface area contributed by atoms with Crippen molar-refractivity contribution >= 4 is 11.9 Å². The van der Waals surface area contributed by atoms with Gasteiger partial charge in [-0.05, 0) is 42.9 Å². The van der Waals surface area contributed by atoms with Gasteiger partial charge in [0, 0.05) is 5.56 Å². The van der Waals surface area contributed by atoms with Crippen molar-refractivity contribution in [2.45, 2.75) is 25.7 Å². The van der Waals surface area contributed by atoms with E-state index in [1.54, 1.807) is 6.08 Å². The summed E-state index contributed by atoms with van der Waals surface area (Å²) in [6, 6.07) is 17.7. The summed E-state index contributed by atoms with van der Waals surface area (Å²) in [6.07, 6.45) is 10.7. The van der Waals surface area contributed by atoms with Gasteiger partial charge >= 0.3 is 0 Å². The van der Waals surface area contributed by atoms with E-state index in [2.05, 4.69) is 24.3 Å². The van der Waals surface area contributed by atoms with Gasteiger partial charge in [-0.3, -0.25) is 4.79 Å². The normalized spacial score (nSPS) is 14.3. The Hall–Kier alpha value is -2.41. The van der Waals surface area contributed by atoms with Crippen LogP contribution >= 0.6 is 0 Å². The minimum atomic E-state index is 0.0514. The molecule has 1 heteroatoms. The number of rotatable bonds is 5. The van der Waals surface area contributed by atoms with Gasteiger partial charge in [0.15, 0.2) is 5.78 Å². The predicted molar refractivity (Wildman–Crippen MR) is 91.9 cm³/mol. The molecule has 1 aliphatic rings. The van der Waals surface area contributed by atoms with Gasteiger partial charge < -0.3 is 0 Å². The minimum absolute atomic E-state index is 0.0514. The van der Waals surface area contributed by atoms with Crippen molar-refractivity contribution < 1.29 is 4.79 Å². The fourth-order valence-electron chi connectivity index (χ4n) is 2.86. The van der Waals surface area contributed by atoms with Crippen LogP contribution in [0.1, 0.15) is 40.7 Å². The highest BCUT2D eigenvalue weighted by molar-refractivity contribution is 6.06. The van der Waals surface area contributed by atoms with E-state index in [9.17, 15) is 4.79 Å². The van der Waals surface area contributed by atoms with Crippen molar-refractivity contribution in [3.63, 3.8) is 0 Å². The molecule has 2 aromatic rings. The summed E-state index contributed by atoms with van der Waals surface area (Å²) >= 11 is 0. The van der Waals surface area contributed by atoms with Crippen molar-refractivity contribution in [1.82, 2.24) is 0 Å².